The molecule has 6 heteroatoms. The number of hydrogen-bond donors (Lipinski definition) is 0. The first-order valence-electron chi connectivity index (χ1n) is 6.04. The van der Waals surface area contributed by atoms with Crippen molar-refractivity contribution < 1.29 is 22.4 Å². The van der Waals surface area contributed by atoms with Crippen molar-refractivity contribution in [1.82, 2.24) is 4.90 Å². The quantitative estimate of drug-likeness (QED) is 0.755. The molecule has 0 aromatic heterocycles. The number of hydrogen-bond acceptors (Lipinski definition) is 1. The molecule has 1 amide bonds. The average Bonchev–Trinajstić information content (AvgIpc) is 2.24. The van der Waals surface area contributed by atoms with Gasteiger partial charge in [-0.2, -0.15) is 13.2 Å². The first kappa shape index (κ1) is 16.5. The number of carbonyl (C=O) groups is 1. The maximum Gasteiger partial charge on any atom is 0.419 e. The van der Waals surface area contributed by atoms with Crippen LogP contribution in [0.25, 0.3) is 0 Å². The number of halogens is 4. The molecule has 0 radical (unpaired) electrons. The van der Waals surface area contributed by atoms with E-state index in [1.54, 1.807) is 0 Å². The lowest BCUT2D eigenvalue weighted by Crippen LogP contribution is -2.35. The van der Waals surface area contributed by atoms with E-state index >= 15 is 0 Å². The van der Waals surface area contributed by atoms with E-state index in [2.05, 4.69) is 0 Å². The van der Waals surface area contributed by atoms with Crippen molar-refractivity contribution in [1.29, 1.82) is 0 Å². The van der Waals surface area contributed by atoms with E-state index in [0.29, 0.717) is 12.6 Å². The van der Waals surface area contributed by atoms with Crippen molar-refractivity contribution >= 4 is 5.91 Å². The molecule has 0 spiro atoms. The summed E-state index contributed by atoms with van der Waals surface area (Å²) >= 11 is 0. The Morgan fingerprint density at radius 2 is 1.75 bits per heavy atom. The predicted octanol–water partition coefficient (Wildman–Crippen LogP) is 3.96. The fourth-order valence-electron chi connectivity index (χ4n) is 1.91. The molecule has 0 bridgehead atoms. The Hall–Kier alpha value is -1.59. The normalized spacial score (nSPS) is 12.4. The van der Waals surface area contributed by atoms with E-state index in [-0.39, 0.29) is 5.41 Å². The zero-order valence-electron chi connectivity index (χ0n) is 11.8. The second-order valence-corrected chi connectivity index (χ2v) is 5.89. The first-order valence-corrected chi connectivity index (χ1v) is 6.04. The molecular formula is C14H17F4NO. The standard InChI is InChI=1S/C14H17F4NO/c1-13(2,3)8-19(4)12(20)9-6-5-7-10(11(9)15)14(16,17)18/h5-7H,8H2,1-4H3. The summed E-state index contributed by atoms with van der Waals surface area (Å²) in [5.74, 6) is -2.28. The Balaban J connectivity index is 3.12. The van der Waals surface area contributed by atoms with E-state index in [4.69, 9.17) is 0 Å². The maximum atomic E-state index is 13.8. The van der Waals surface area contributed by atoms with E-state index in [1.807, 2.05) is 20.8 Å². The van der Waals surface area contributed by atoms with Crippen LogP contribution < -0.4 is 0 Å². The summed E-state index contributed by atoms with van der Waals surface area (Å²) in [5, 5.41) is 0. The average molecular weight is 291 g/mol. The Morgan fingerprint density at radius 3 is 2.20 bits per heavy atom. The fourth-order valence-corrected chi connectivity index (χ4v) is 1.91. The summed E-state index contributed by atoms with van der Waals surface area (Å²) < 4.78 is 51.6. The molecule has 0 fully saturated rings. The molecule has 0 saturated heterocycles. The van der Waals surface area contributed by atoms with Crippen LogP contribution in [0.15, 0.2) is 18.2 Å². The van der Waals surface area contributed by atoms with Gasteiger partial charge >= 0.3 is 6.18 Å². The molecule has 0 unspecified atom stereocenters. The second-order valence-electron chi connectivity index (χ2n) is 5.89. The third-order valence-corrected chi connectivity index (χ3v) is 2.59. The SMILES string of the molecule is CN(CC(C)(C)C)C(=O)c1cccc(C(F)(F)F)c1F. The number of benzene rings is 1. The molecule has 0 saturated carbocycles. The first-order chi connectivity index (χ1) is 8.93. The number of rotatable bonds is 2. The summed E-state index contributed by atoms with van der Waals surface area (Å²) in [5.41, 5.74) is -2.22. The lowest BCUT2D eigenvalue weighted by Gasteiger charge is -2.27. The zero-order chi connectivity index (χ0) is 15.7. The molecule has 112 valence electrons. The van der Waals surface area contributed by atoms with Crippen molar-refractivity contribution in [3.8, 4) is 0 Å². The lowest BCUT2D eigenvalue weighted by molar-refractivity contribution is -0.140. The zero-order valence-corrected chi connectivity index (χ0v) is 11.8. The summed E-state index contributed by atoms with van der Waals surface area (Å²) in [6.45, 7) is 5.93. The monoisotopic (exact) mass is 291 g/mol. The molecular weight excluding hydrogens is 274 g/mol. The third-order valence-electron chi connectivity index (χ3n) is 2.59. The molecule has 0 heterocycles. The van der Waals surface area contributed by atoms with Crippen LogP contribution in [0.1, 0.15) is 36.7 Å². The van der Waals surface area contributed by atoms with Gasteiger partial charge in [0.05, 0.1) is 11.1 Å². The molecule has 1 aromatic carbocycles. The lowest BCUT2D eigenvalue weighted by atomic mass is 9.96. The molecule has 1 rings (SSSR count). The van der Waals surface area contributed by atoms with Gasteiger partial charge < -0.3 is 4.90 Å². The van der Waals surface area contributed by atoms with Crippen LogP contribution in [0, 0.1) is 11.2 Å². The minimum Gasteiger partial charge on any atom is -0.341 e. The summed E-state index contributed by atoms with van der Waals surface area (Å²) in [7, 11) is 1.44. The van der Waals surface area contributed by atoms with Crippen LogP contribution >= 0.6 is 0 Å². The molecule has 0 N–H and O–H groups in total. The number of carbonyl (C=O) groups excluding carboxylic acids is 1. The minimum atomic E-state index is -4.82. The van der Waals surface area contributed by atoms with Gasteiger partial charge in [0.2, 0.25) is 0 Å². The molecule has 0 aliphatic carbocycles. The van der Waals surface area contributed by atoms with Crippen molar-refractivity contribution in [3.63, 3.8) is 0 Å². The van der Waals surface area contributed by atoms with Crippen molar-refractivity contribution in [2.24, 2.45) is 5.41 Å². The van der Waals surface area contributed by atoms with E-state index in [0.717, 1.165) is 12.1 Å². The summed E-state index contributed by atoms with van der Waals surface area (Å²) in [4.78, 5) is 13.3. The minimum absolute atomic E-state index is 0.234. The molecule has 1 aromatic rings. The highest BCUT2D eigenvalue weighted by Gasteiger charge is 2.36. The van der Waals surface area contributed by atoms with Gasteiger partial charge in [-0.05, 0) is 17.5 Å². The fraction of sp³-hybridized carbons (Fsp3) is 0.500. The number of alkyl halides is 3. The van der Waals surface area contributed by atoms with Crippen LogP contribution in [0.5, 0.6) is 0 Å². The number of nitrogens with zero attached hydrogens (tertiary/aromatic N) is 1. The smallest absolute Gasteiger partial charge is 0.341 e. The van der Waals surface area contributed by atoms with Crippen LogP contribution in [0.4, 0.5) is 17.6 Å². The van der Waals surface area contributed by atoms with Gasteiger partial charge in [-0.1, -0.05) is 26.8 Å². The van der Waals surface area contributed by atoms with Gasteiger partial charge in [0.1, 0.15) is 5.82 Å². The van der Waals surface area contributed by atoms with Crippen molar-refractivity contribution in [2.75, 3.05) is 13.6 Å². The molecule has 20 heavy (non-hydrogen) atoms. The number of amides is 1. The molecule has 0 aliphatic rings. The highest BCUT2D eigenvalue weighted by molar-refractivity contribution is 5.94. The van der Waals surface area contributed by atoms with Crippen LogP contribution in [-0.4, -0.2) is 24.4 Å². The van der Waals surface area contributed by atoms with Gasteiger partial charge in [-0.25, -0.2) is 4.39 Å². The van der Waals surface area contributed by atoms with Gasteiger partial charge in [0, 0.05) is 13.6 Å². The Morgan fingerprint density at radius 1 is 1.20 bits per heavy atom. The van der Waals surface area contributed by atoms with Gasteiger partial charge in [-0.3, -0.25) is 4.79 Å². The third kappa shape index (κ3) is 3.95. The van der Waals surface area contributed by atoms with Crippen LogP contribution in [0.2, 0.25) is 0 Å². The Labute approximate surface area is 115 Å². The highest BCUT2D eigenvalue weighted by Crippen LogP contribution is 2.32. The largest absolute Gasteiger partial charge is 0.419 e. The van der Waals surface area contributed by atoms with Gasteiger partial charge in [0.25, 0.3) is 5.91 Å². The molecule has 2 nitrogen and oxygen atoms in total. The van der Waals surface area contributed by atoms with Gasteiger partial charge in [0.15, 0.2) is 0 Å². The topological polar surface area (TPSA) is 20.3 Å². The van der Waals surface area contributed by atoms with Crippen molar-refractivity contribution in [3.05, 3.63) is 35.1 Å². The predicted molar refractivity (Wildman–Crippen MR) is 67.8 cm³/mol. The van der Waals surface area contributed by atoms with Crippen LogP contribution in [0.3, 0.4) is 0 Å². The summed E-state index contributed by atoms with van der Waals surface area (Å²) in [6, 6.07) is 2.71. The second kappa shape index (κ2) is 5.42. The van der Waals surface area contributed by atoms with Crippen LogP contribution in [-0.2, 0) is 6.18 Å². The molecule has 0 aliphatic heterocycles. The summed E-state index contributed by atoms with van der Waals surface area (Å²) in [6.07, 6.45) is -4.82. The van der Waals surface area contributed by atoms with E-state index < -0.39 is 29.0 Å². The van der Waals surface area contributed by atoms with E-state index in [9.17, 15) is 22.4 Å². The highest BCUT2D eigenvalue weighted by atomic mass is 19.4. The van der Waals surface area contributed by atoms with Crippen molar-refractivity contribution in [2.45, 2.75) is 26.9 Å². The molecule has 0 atom stereocenters. The maximum absolute atomic E-state index is 13.8. The Bertz CT molecular complexity index is 503. The Kier molecular flexibility index (Phi) is 4.46. The van der Waals surface area contributed by atoms with E-state index in [1.165, 1.54) is 11.9 Å². The van der Waals surface area contributed by atoms with Gasteiger partial charge in [-0.15, -0.1) is 0 Å².